The number of likely N-dealkylation sites (N-methyl/N-ethyl adjacent to an activating group) is 1. The summed E-state index contributed by atoms with van der Waals surface area (Å²) < 4.78 is 0. The van der Waals surface area contributed by atoms with Crippen LogP contribution in [0.1, 0.15) is 24.0 Å². The van der Waals surface area contributed by atoms with Gasteiger partial charge in [-0.05, 0) is 30.3 Å². The largest absolute Gasteiger partial charge is 0.353 e. The molecule has 2 aromatic rings. The number of aromatic nitrogens is 1. The van der Waals surface area contributed by atoms with Crippen LogP contribution in [0.2, 0.25) is 0 Å². The molecule has 7 nitrogen and oxygen atoms in total. The Kier molecular flexibility index (Phi) is 6.51. The van der Waals surface area contributed by atoms with E-state index in [4.69, 9.17) is 0 Å². The smallest absolute Gasteiger partial charge is 0.227 e. The van der Waals surface area contributed by atoms with E-state index < -0.39 is 0 Å². The summed E-state index contributed by atoms with van der Waals surface area (Å²) in [5, 5.41) is 2.83. The average molecular weight is 422 g/mol. The van der Waals surface area contributed by atoms with Crippen molar-refractivity contribution in [3.63, 3.8) is 0 Å². The van der Waals surface area contributed by atoms with Crippen molar-refractivity contribution < 1.29 is 9.59 Å². The molecule has 0 unspecified atom stereocenters. The minimum Gasteiger partial charge on any atom is -0.353 e. The number of hydrogen-bond acceptors (Lipinski definition) is 5. The van der Waals surface area contributed by atoms with Crippen LogP contribution in [0.4, 0.5) is 5.82 Å². The Morgan fingerprint density at radius 1 is 1.03 bits per heavy atom. The summed E-state index contributed by atoms with van der Waals surface area (Å²) in [6, 6.07) is 14.3. The van der Waals surface area contributed by atoms with Crippen LogP contribution in [-0.2, 0) is 16.1 Å². The first-order chi connectivity index (χ1) is 15.0. The van der Waals surface area contributed by atoms with Gasteiger partial charge in [-0.2, -0.15) is 0 Å². The third-order valence-electron chi connectivity index (χ3n) is 6.33. The lowest BCUT2D eigenvalue weighted by molar-refractivity contribution is -0.135. The molecule has 3 heterocycles. The van der Waals surface area contributed by atoms with Crippen LogP contribution >= 0.6 is 0 Å². The fourth-order valence-electron chi connectivity index (χ4n) is 4.63. The van der Waals surface area contributed by atoms with Crippen molar-refractivity contribution in [3.8, 4) is 0 Å². The second-order valence-electron chi connectivity index (χ2n) is 8.59. The molecule has 0 bridgehead atoms. The van der Waals surface area contributed by atoms with Crippen molar-refractivity contribution in [3.05, 3.63) is 59.8 Å². The number of nitrogens with one attached hydrogen (secondary N) is 1. The number of anilines is 1. The van der Waals surface area contributed by atoms with Crippen LogP contribution in [0.25, 0.3) is 0 Å². The highest BCUT2D eigenvalue weighted by Gasteiger charge is 2.39. The normalized spacial score (nSPS) is 21.9. The van der Waals surface area contributed by atoms with Crippen molar-refractivity contribution in [2.75, 3.05) is 51.2 Å². The maximum Gasteiger partial charge on any atom is 0.227 e. The molecule has 7 heteroatoms. The molecule has 31 heavy (non-hydrogen) atoms. The van der Waals surface area contributed by atoms with Crippen molar-refractivity contribution in [1.29, 1.82) is 0 Å². The zero-order valence-corrected chi connectivity index (χ0v) is 18.3. The van der Waals surface area contributed by atoms with Gasteiger partial charge in [0, 0.05) is 64.9 Å². The summed E-state index contributed by atoms with van der Waals surface area (Å²) in [6.45, 7) is 6.82. The molecule has 0 spiro atoms. The molecule has 0 saturated carbocycles. The minimum atomic E-state index is -0.0321. The van der Waals surface area contributed by atoms with Crippen molar-refractivity contribution in [1.82, 2.24) is 20.1 Å². The molecule has 2 fully saturated rings. The molecule has 0 radical (unpaired) electrons. The summed E-state index contributed by atoms with van der Waals surface area (Å²) in [6.07, 6.45) is 1.81. The summed E-state index contributed by atoms with van der Waals surface area (Å²) in [5.41, 5.74) is 2.26. The Morgan fingerprint density at radius 2 is 1.77 bits per heavy atom. The summed E-state index contributed by atoms with van der Waals surface area (Å²) in [5.74, 6) is 1.38. The van der Waals surface area contributed by atoms with E-state index in [0.29, 0.717) is 6.54 Å². The van der Waals surface area contributed by atoms with Crippen molar-refractivity contribution in [2.24, 2.45) is 5.92 Å². The Hall–Kier alpha value is -2.93. The highest BCUT2D eigenvalue weighted by Crippen LogP contribution is 2.33. The van der Waals surface area contributed by atoms with E-state index in [1.165, 1.54) is 12.5 Å². The van der Waals surface area contributed by atoms with E-state index in [9.17, 15) is 9.59 Å². The number of nitrogens with zero attached hydrogens (tertiary/aromatic N) is 4. The molecule has 2 saturated heterocycles. The van der Waals surface area contributed by atoms with Crippen LogP contribution in [-0.4, -0.2) is 72.9 Å². The number of carbonyl (C=O) groups is 2. The van der Waals surface area contributed by atoms with Crippen LogP contribution in [0.3, 0.4) is 0 Å². The number of likely N-dealkylation sites (tertiary alicyclic amines) is 1. The lowest BCUT2D eigenvalue weighted by Gasteiger charge is -2.37. The fourth-order valence-corrected chi connectivity index (χ4v) is 4.63. The molecular formula is C24H31N5O2. The Labute approximate surface area is 184 Å². The van der Waals surface area contributed by atoms with E-state index >= 15 is 0 Å². The van der Waals surface area contributed by atoms with E-state index in [0.717, 1.165) is 50.6 Å². The van der Waals surface area contributed by atoms with Gasteiger partial charge in [-0.25, -0.2) is 4.98 Å². The highest BCUT2D eigenvalue weighted by atomic mass is 16.2. The maximum atomic E-state index is 13.4. The van der Waals surface area contributed by atoms with Gasteiger partial charge in [0.25, 0.3) is 0 Å². The second kappa shape index (κ2) is 9.47. The van der Waals surface area contributed by atoms with E-state index in [-0.39, 0.29) is 23.7 Å². The number of amides is 2. The Morgan fingerprint density at radius 3 is 2.42 bits per heavy atom. The first-order valence-electron chi connectivity index (χ1n) is 11.0. The van der Waals surface area contributed by atoms with Crippen LogP contribution in [0, 0.1) is 5.92 Å². The SMILES string of the molecule is CC(=O)NCc1ccc([C@H]2CN(C)C[C@@H]2C(=O)N2CCN(c3ccccn3)CC2)cc1. The molecule has 2 atom stereocenters. The minimum absolute atomic E-state index is 0.0207. The van der Waals surface area contributed by atoms with Gasteiger partial charge in [0.05, 0.1) is 5.92 Å². The Balaban J connectivity index is 1.39. The molecule has 2 amide bonds. The maximum absolute atomic E-state index is 13.4. The van der Waals surface area contributed by atoms with E-state index in [1.54, 1.807) is 0 Å². The number of piperazine rings is 1. The van der Waals surface area contributed by atoms with Crippen LogP contribution < -0.4 is 10.2 Å². The van der Waals surface area contributed by atoms with Crippen molar-refractivity contribution in [2.45, 2.75) is 19.4 Å². The first-order valence-corrected chi connectivity index (χ1v) is 11.0. The number of benzene rings is 1. The fraction of sp³-hybridized carbons (Fsp3) is 0.458. The van der Waals surface area contributed by atoms with Gasteiger partial charge < -0.3 is 20.0 Å². The van der Waals surface area contributed by atoms with E-state index in [2.05, 4.69) is 51.4 Å². The van der Waals surface area contributed by atoms with Gasteiger partial charge in [0.15, 0.2) is 0 Å². The molecule has 1 N–H and O–H groups in total. The molecule has 0 aliphatic carbocycles. The lowest BCUT2D eigenvalue weighted by Crippen LogP contribution is -2.51. The number of rotatable bonds is 5. The van der Waals surface area contributed by atoms with Gasteiger partial charge in [-0.15, -0.1) is 0 Å². The number of hydrogen-bond donors (Lipinski definition) is 1. The predicted molar refractivity (Wildman–Crippen MR) is 121 cm³/mol. The molecule has 4 rings (SSSR count). The molecule has 2 aliphatic heterocycles. The third kappa shape index (κ3) is 5.05. The highest BCUT2D eigenvalue weighted by molar-refractivity contribution is 5.81. The first kappa shape index (κ1) is 21.3. The second-order valence-corrected chi connectivity index (χ2v) is 8.59. The monoisotopic (exact) mass is 421 g/mol. The van der Waals surface area contributed by atoms with Gasteiger partial charge in [0.1, 0.15) is 5.82 Å². The predicted octanol–water partition coefficient (Wildman–Crippen LogP) is 1.71. The molecular weight excluding hydrogens is 390 g/mol. The Bertz CT molecular complexity index is 894. The number of pyridine rings is 1. The summed E-state index contributed by atoms with van der Waals surface area (Å²) in [4.78, 5) is 35.5. The zero-order valence-electron chi connectivity index (χ0n) is 18.3. The topological polar surface area (TPSA) is 68.8 Å². The van der Waals surface area contributed by atoms with Crippen LogP contribution in [0.15, 0.2) is 48.7 Å². The van der Waals surface area contributed by atoms with Gasteiger partial charge in [-0.3, -0.25) is 9.59 Å². The van der Waals surface area contributed by atoms with Crippen LogP contribution in [0.5, 0.6) is 0 Å². The summed E-state index contributed by atoms with van der Waals surface area (Å²) in [7, 11) is 2.09. The van der Waals surface area contributed by atoms with Crippen molar-refractivity contribution >= 4 is 17.6 Å². The lowest BCUT2D eigenvalue weighted by atomic mass is 9.87. The molecule has 1 aromatic heterocycles. The third-order valence-corrected chi connectivity index (χ3v) is 6.33. The van der Waals surface area contributed by atoms with Gasteiger partial charge >= 0.3 is 0 Å². The van der Waals surface area contributed by atoms with Gasteiger partial charge in [0.2, 0.25) is 11.8 Å². The quantitative estimate of drug-likeness (QED) is 0.796. The molecule has 1 aromatic carbocycles. The van der Waals surface area contributed by atoms with Gasteiger partial charge in [-0.1, -0.05) is 30.3 Å². The molecule has 2 aliphatic rings. The number of carbonyl (C=O) groups excluding carboxylic acids is 2. The average Bonchev–Trinajstić information content (AvgIpc) is 3.20. The zero-order chi connectivity index (χ0) is 21.8. The van der Waals surface area contributed by atoms with E-state index in [1.807, 2.05) is 29.3 Å². The standard InChI is InChI=1S/C24H31N5O2/c1-18(30)26-15-19-6-8-20(9-7-19)21-16-27(2)17-22(21)24(31)29-13-11-28(12-14-29)23-5-3-4-10-25-23/h3-10,21-22H,11-17H2,1-2H3,(H,26,30)/t21-,22+/m1/s1. The molecule has 164 valence electrons. The summed E-state index contributed by atoms with van der Waals surface area (Å²) >= 11 is 0.